The van der Waals surface area contributed by atoms with Gasteiger partial charge in [-0.3, -0.25) is 9.36 Å². The van der Waals surface area contributed by atoms with Gasteiger partial charge in [-0.1, -0.05) is 45.0 Å². The van der Waals surface area contributed by atoms with Crippen LogP contribution in [0.25, 0.3) is 10.9 Å². The van der Waals surface area contributed by atoms with Gasteiger partial charge >= 0.3 is 12.2 Å². The number of aromatic nitrogens is 2. The normalized spacial score (nSPS) is 12.5. The van der Waals surface area contributed by atoms with E-state index >= 15 is 0 Å². The maximum atomic E-state index is 13.5. The highest BCUT2D eigenvalue weighted by atomic mass is 19.4. The number of fused-ring (bicyclic) bond motifs is 1. The Balaban J connectivity index is 2.07. The number of benzene rings is 2. The highest BCUT2D eigenvalue weighted by Gasteiger charge is 2.35. The number of halogens is 3. The Labute approximate surface area is 196 Å². The van der Waals surface area contributed by atoms with Gasteiger partial charge in [0.2, 0.25) is 0 Å². The summed E-state index contributed by atoms with van der Waals surface area (Å²) in [7, 11) is 0. The van der Waals surface area contributed by atoms with Crippen molar-refractivity contribution in [3.63, 3.8) is 0 Å². The van der Waals surface area contributed by atoms with Gasteiger partial charge < -0.3 is 10.2 Å². The molecule has 6 nitrogen and oxygen atoms in total. The topological polar surface area (TPSA) is 67.2 Å². The highest BCUT2D eigenvalue weighted by molar-refractivity contribution is 5.90. The van der Waals surface area contributed by atoms with Crippen molar-refractivity contribution in [1.82, 2.24) is 14.5 Å². The molecule has 2 amide bonds. The third-order valence-corrected chi connectivity index (χ3v) is 5.60. The van der Waals surface area contributed by atoms with Crippen LogP contribution in [0.1, 0.15) is 57.5 Å². The van der Waals surface area contributed by atoms with Crippen LogP contribution in [-0.2, 0) is 12.7 Å². The van der Waals surface area contributed by atoms with E-state index in [9.17, 15) is 22.8 Å². The van der Waals surface area contributed by atoms with Gasteiger partial charge in [-0.05, 0) is 43.5 Å². The first-order chi connectivity index (χ1) is 16.2. The number of rotatable bonds is 8. The van der Waals surface area contributed by atoms with Crippen LogP contribution in [0.4, 0.5) is 23.7 Å². The molecule has 2 aromatic carbocycles. The Morgan fingerprint density at radius 3 is 2.38 bits per heavy atom. The molecule has 0 bridgehead atoms. The summed E-state index contributed by atoms with van der Waals surface area (Å²) < 4.78 is 41.9. The number of urea groups is 1. The smallest absolute Gasteiger partial charge is 0.314 e. The largest absolute Gasteiger partial charge is 0.418 e. The van der Waals surface area contributed by atoms with Crippen LogP contribution in [0.3, 0.4) is 0 Å². The van der Waals surface area contributed by atoms with Gasteiger partial charge in [0.1, 0.15) is 5.82 Å². The third-order valence-electron chi connectivity index (χ3n) is 5.60. The van der Waals surface area contributed by atoms with Crippen molar-refractivity contribution in [1.29, 1.82) is 0 Å². The predicted molar refractivity (Wildman–Crippen MR) is 127 cm³/mol. The number of amides is 2. The average Bonchev–Trinajstić information content (AvgIpc) is 2.81. The number of nitrogens with one attached hydrogen (secondary N) is 1. The Morgan fingerprint density at radius 1 is 1.06 bits per heavy atom. The zero-order valence-corrected chi connectivity index (χ0v) is 19.5. The molecule has 0 fully saturated rings. The molecule has 9 heteroatoms. The van der Waals surface area contributed by atoms with Crippen molar-refractivity contribution in [2.45, 2.75) is 58.8 Å². The lowest BCUT2D eigenvalue weighted by molar-refractivity contribution is -0.136. The Morgan fingerprint density at radius 2 is 1.74 bits per heavy atom. The lowest BCUT2D eigenvalue weighted by Gasteiger charge is -2.32. The fourth-order valence-electron chi connectivity index (χ4n) is 4.09. The summed E-state index contributed by atoms with van der Waals surface area (Å²) in [6, 6.07) is 10.6. The van der Waals surface area contributed by atoms with E-state index in [1.165, 1.54) is 23.1 Å². The van der Waals surface area contributed by atoms with Crippen LogP contribution in [0.5, 0.6) is 0 Å². The van der Waals surface area contributed by atoms with E-state index in [0.717, 1.165) is 6.07 Å². The second-order valence-corrected chi connectivity index (χ2v) is 8.03. The van der Waals surface area contributed by atoms with Crippen LogP contribution in [-0.4, -0.2) is 27.0 Å². The van der Waals surface area contributed by atoms with Crippen molar-refractivity contribution in [2.75, 3.05) is 11.9 Å². The molecule has 1 atom stereocenters. The summed E-state index contributed by atoms with van der Waals surface area (Å²) in [6.07, 6.45) is -2.91. The quantitative estimate of drug-likeness (QED) is 0.421. The van der Waals surface area contributed by atoms with Crippen molar-refractivity contribution in [3.05, 3.63) is 70.3 Å². The summed E-state index contributed by atoms with van der Waals surface area (Å²) in [4.78, 5) is 32.7. The standard InChI is InChI=1S/C25H29F3N4O2/c1-4-15-31(24(34)30-20-14-10-8-12-18(20)25(26,27)28)21(6-3)22-29-19-13-9-7-11-17(19)23(33)32(22)16-5-2/h7-14,21H,4-6,15-16H2,1-3H3,(H,30,34). The Hall–Kier alpha value is -3.36. The van der Waals surface area contributed by atoms with Crippen LogP contribution in [0, 0.1) is 0 Å². The molecular formula is C25H29F3N4O2. The molecule has 1 unspecified atom stereocenters. The van der Waals surface area contributed by atoms with Crippen molar-refractivity contribution in [3.8, 4) is 0 Å². The number of anilines is 1. The van der Waals surface area contributed by atoms with E-state index in [-0.39, 0.29) is 17.8 Å². The second-order valence-electron chi connectivity index (χ2n) is 8.03. The molecular weight excluding hydrogens is 445 g/mol. The van der Waals surface area contributed by atoms with Gasteiger partial charge in [0.05, 0.1) is 28.2 Å². The van der Waals surface area contributed by atoms with Gasteiger partial charge in [0.25, 0.3) is 5.56 Å². The molecule has 34 heavy (non-hydrogen) atoms. The number of nitrogens with zero attached hydrogens (tertiary/aromatic N) is 3. The first-order valence-electron chi connectivity index (χ1n) is 11.5. The lowest BCUT2D eigenvalue weighted by atomic mass is 10.1. The number of alkyl halides is 3. The molecule has 1 N–H and O–H groups in total. The zero-order valence-electron chi connectivity index (χ0n) is 19.5. The van der Waals surface area contributed by atoms with E-state index < -0.39 is 23.8 Å². The highest BCUT2D eigenvalue weighted by Crippen LogP contribution is 2.35. The maximum absolute atomic E-state index is 13.5. The SMILES string of the molecule is CCCN(C(=O)Nc1ccccc1C(F)(F)F)C(CC)c1nc2ccccc2c(=O)n1CCC. The molecule has 182 valence electrons. The molecule has 1 aromatic heterocycles. The molecule has 0 aliphatic carbocycles. The average molecular weight is 475 g/mol. The van der Waals surface area contributed by atoms with E-state index in [0.29, 0.717) is 42.5 Å². The minimum atomic E-state index is -4.61. The van der Waals surface area contributed by atoms with Gasteiger partial charge in [-0.15, -0.1) is 0 Å². The van der Waals surface area contributed by atoms with Crippen molar-refractivity contribution in [2.24, 2.45) is 0 Å². The first kappa shape index (κ1) is 25.3. The van der Waals surface area contributed by atoms with E-state index in [1.54, 1.807) is 28.8 Å². The summed E-state index contributed by atoms with van der Waals surface area (Å²) in [5, 5.41) is 2.93. The second kappa shape index (κ2) is 10.7. The fourth-order valence-corrected chi connectivity index (χ4v) is 4.09. The van der Waals surface area contributed by atoms with E-state index in [1.807, 2.05) is 20.8 Å². The van der Waals surface area contributed by atoms with E-state index in [4.69, 9.17) is 4.98 Å². The number of hydrogen-bond donors (Lipinski definition) is 1. The molecule has 0 saturated heterocycles. The van der Waals surface area contributed by atoms with Gasteiger partial charge in [-0.2, -0.15) is 13.2 Å². The van der Waals surface area contributed by atoms with Crippen molar-refractivity contribution >= 4 is 22.6 Å². The molecule has 0 saturated carbocycles. The van der Waals surface area contributed by atoms with Gasteiger partial charge in [-0.25, -0.2) is 9.78 Å². The third kappa shape index (κ3) is 5.24. The minimum absolute atomic E-state index is 0.194. The fraction of sp³-hybridized carbons (Fsp3) is 0.400. The molecule has 0 aliphatic rings. The predicted octanol–water partition coefficient (Wildman–Crippen LogP) is 6.22. The number of para-hydroxylation sites is 2. The monoisotopic (exact) mass is 474 g/mol. The van der Waals surface area contributed by atoms with Crippen LogP contribution < -0.4 is 10.9 Å². The number of hydrogen-bond acceptors (Lipinski definition) is 3. The van der Waals surface area contributed by atoms with Crippen LogP contribution >= 0.6 is 0 Å². The minimum Gasteiger partial charge on any atom is -0.314 e. The molecule has 1 heterocycles. The van der Waals surface area contributed by atoms with Gasteiger partial charge in [0, 0.05) is 13.1 Å². The van der Waals surface area contributed by atoms with Gasteiger partial charge in [0.15, 0.2) is 0 Å². The Kier molecular flexibility index (Phi) is 7.96. The van der Waals surface area contributed by atoms with Crippen LogP contribution in [0.15, 0.2) is 53.3 Å². The van der Waals surface area contributed by atoms with E-state index in [2.05, 4.69) is 5.32 Å². The summed E-state index contributed by atoms with van der Waals surface area (Å²) in [5.41, 5.74) is -0.902. The maximum Gasteiger partial charge on any atom is 0.418 e. The number of carbonyl (C=O) groups excluding carboxylic acids is 1. The number of carbonyl (C=O) groups is 1. The lowest BCUT2D eigenvalue weighted by Crippen LogP contribution is -2.41. The molecule has 0 spiro atoms. The molecule has 0 aliphatic heterocycles. The van der Waals surface area contributed by atoms with Crippen LogP contribution in [0.2, 0.25) is 0 Å². The zero-order chi connectivity index (χ0) is 24.9. The first-order valence-corrected chi connectivity index (χ1v) is 11.5. The summed E-state index contributed by atoms with van der Waals surface area (Å²) >= 11 is 0. The Bertz CT molecular complexity index is 1210. The molecule has 3 rings (SSSR count). The molecule has 3 aromatic rings. The van der Waals surface area contributed by atoms with Crippen molar-refractivity contribution < 1.29 is 18.0 Å². The summed E-state index contributed by atoms with van der Waals surface area (Å²) in [6.45, 7) is 6.39. The molecule has 0 radical (unpaired) electrons. The summed E-state index contributed by atoms with van der Waals surface area (Å²) in [5.74, 6) is 0.431.